The van der Waals surface area contributed by atoms with Gasteiger partial charge in [-0.15, -0.1) is 0 Å². The molecule has 0 aromatic rings. The van der Waals surface area contributed by atoms with Gasteiger partial charge < -0.3 is 10.2 Å². The summed E-state index contributed by atoms with van der Waals surface area (Å²) < 4.78 is 0. The van der Waals surface area contributed by atoms with Crippen LogP contribution in [0, 0.1) is 47.3 Å². The summed E-state index contributed by atoms with van der Waals surface area (Å²) >= 11 is 0. The molecular formula is C12H16O2. The van der Waals surface area contributed by atoms with E-state index in [2.05, 4.69) is 0 Å². The molecule has 6 aliphatic carbocycles. The molecule has 2 nitrogen and oxygen atoms in total. The molecule has 0 amide bonds. The van der Waals surface area contributed by atoms with Crippen molar-refractivity contribution in [1.82, 2.24) is 0 Å². The van der Waals surface area contributed by atoms with E-state index in [1.54, 1.807) is 0 Å². The minimum absolute atomic E-state index is 0.434. The van der Waals surface area contributed by atoms with Crippen LogP contribution >= 0.6 is 0 Å². The quantitative estimate of drug-likeness (QED) is 0.586. The standard InChI is InChI=1S/C12H16O2/c1-11(13)7-3-4-5(7)10-9(11)6(3)8(4)12(10,2)14/h3-10,13-14H,1-2H3/t3-,4-,5+,6+,7-,8-,9-,10+,11-,12+/m1/s1. The zero-order valence-electron chi connectivity index (χ0n) is 8.51. The van der Waals surface area contributed by atoms with Gasteiger partial charge in [0.25, 0.3) is 0 Å². The molecule has 2 heteroatoms. The van der Waals surface area contributed by atoms with Crippen LogP contribution in [0.4, 0.5) is 0 Å². The molecule has 0 aromatic heterocycles. The van der Waals surface area contributed by atoms with E-state index in [1.165, 1.54) is 0 Å². The van der Waals surface area contributed by atoms with Crippen LogP contribution in [0.25, 0.3) is 0 Å². The molecule has 0 heterocycles. The second-order valence-electron chi connectivity index (χ2n) is 6.86. The van der Waals surface area contributed by atoms with E-state index in [0.717, 1.165) is 11.8 Å². The Hall–Kier alpha value is -0.0800. The lowest BCUT2D eigenvalue weighted by atomic mass is 9.40. The third-order valence-corrected chi connectivity index (χ3v) is 6.91. The van der Waals surface area contributed by atoms with Crippen molar-refractivity contribution in [2.75, 3.05) is 0 Å². The van der Waals surface area contributed by atoms with Gasteiger partial charge in [-0.3, -0.25) is 0 Å². The summed E-state index contributed by atoms with van der Waals surface area (Å²) in [5.41, 5.74) is -0.868. The van der Waals surface area contributed by atoms with E-state index < -0.39 is 11.2 Å². The highest BCUT2D eigenvalue weighted by atomic mass is 16.3. The largest absolute Gasteiger partial charge is 0.390 e. The summed E-state index contributed by atoms with van der Waals surface area (Å²) in [5.74, 6) is 4.95. The highest BCUT2D eigenvalue weighted by molar-refractivity contribution is 5.41. The number of hydrogen-bond donors (Lipinski definition) is 2. The van der Waals surface area contributed by atoms with Crippen molar-refractivity contribution in [3.05, 3.63) is 0 Å². The highest BCUT2D eigenvalue weighted by Gasteiger charge is 2.94. The van der Waals surface area contributed by atoms with Gasteiger partial charge in [0, 0.05) is 0 Å². The maximum Gasteiger partial charge on any atom is 0.0688 e. The van der Waals surface area contributed by atoms with Gasteiger partial charge in [0.05, 0.1) is 11.2 Å². The molecule has 10 atom stereocenters. The molecule has 0 saturated heterocycles. The second-order valence-corrected chi connectivity index (χ2v) is 6.86. The lowest BCUT2D eigenvalue weighted by Crippen LogP contribution is -2.62. The van der Waals surface area contributed by atoms with Gasteiger partial charge in [-0.05, 0) is 61.2 Å². The van der Waals surface area contributed by atoms with Crippen LogP contribution in [0.1, 0.15) is 13.8 Å². The highest BCUT2D eigenvalue weighted by Crippen LogP contribution is 2.92. The van der Waals surface area contributed by atoms with Gasteiger partial charge in [-0.25, -0.2) is 0 Å². The monoisotopic (exact) mass is 192 g/mol. The molecule has 0 unspecified atom stereocenters. The Labute approximate surface area is 83.3 Å². The molecule has 0 aromatic carbocycles. The van der Waals surface area contributed by atoms with Gasteiger partial charge in [0.2, 0.25) is 0 Å². The van der Waals surface area contributed by atoms with Crippen LogP contribution in [0.15, 0.2) is 0 Å². The number of hydrogen-bond acceptors (Lipinski definition) is 2. The van der Waals surface area contributed by atoms with Crippen LogP contribution in [-0.4, -0.2) is 21.4 Å². The Morgan fingerprint density at radius 3 is 1.29 bits per heavy atom. The van der Waals surface area contributed by atoms with Crippen molar-refractivity contribution in [2.45, 2.75) is 25.0 Å². The minimum atomic E-state index is -0.434. The molecule has 6 fully saturated rings. The minimum Gasteiger partial charge on any atom is -0.390 e. The lowest BCUT2D eigenvalue weighted by molar-refractivity contribution is -0.186. The van der Waals surface area contributed by atoms with Crippen LogP contribution in [0.5, 0.6) is 0 Å². The van der Waals surface area contributed by atoms with Gasteiger partial charge in [-0.1, -0.05) is 0 Å². The van der Waals surface area contributed by atoms with Gasteiger partial charge in [-0.2, -0.15) is 0 Å². The Morgan fingerprint density at radius 1 is 0.643 bits per heavy atom. The smallest absolute Gasteiger partial charge is 0.0688 e. The van der Waals surface area contributed by atoms with E-state index in [1.807, 2.05) is 13.8 Å². The molecule has 14 heavy (non-hydrogen) atoms. The summed E-state index contributed by atoms with van der Waals surface area (Å²) in [6, 6.07) is 0. The predicted molar refractivity (Wildman–Crippen MR) is 49.2 cm³/mol. The van der Waals surface area contributed by atoms with Crippen molar-refractivity contribution in [1.29, 1.82) is 0 Å². The number of rotatable bonds is 0. The van der Waals surface area contributed by atoms with Gasteiger partial charge in [0.15, 0.2) is 0 Å². The van der Waals surface area contributed by atoms with Crippen molar-refractivity contribution in [2.24, 2.45) is 47.3 Å². The van der Waals surface area contributed by atoms with Crippen LogP contribution in [0.3, 0.4) is 0 Å². The summed E-state index contributed by atoms with van der Waals surface area (Å²) in [6.45, 7) is 4.06. The second kappa shape index (κ2) is 1.42. The summed E-state index contributed by atoms with van der Waals surface area (Å²) in [6.07, 6.45) is 0. The Bertz CT molecular complexity index is 337. The van der Waals surface area contributed by atoms with Crippen molar-refractivity contribution in [3.8, 4) is 0 Å². The molecule has 4 bridgehead atoms. The molecular weight excluding hydrogens is 176 g/mol. The topological polar surface area (TPSA) is 40.5 Å². The average Bonchev–Trinajstić information content (AvgIpc) is 2.40. The molecule has 2 N–H and O–H groups in total. The third kappa shape index (κ3) is 0.348. The van der Waals surface area contributed by atoms with E-state index in [4.69, 9.17) is 0 Å². The Balaban J connectivity index is 1.82. The molecule has 6 rings (SSSR count). The SMILES string of the molecule is C[C@]1(O)[C@@H]2[C@@H]3[C@@H]4[C@@H]2[C@@H]2[C@@H]1[C@@H]3[C@@H]4[C@@]2(C)O. The van der Waals surface area contributed by atoms with E-state index >= 15 is 0 Å². The van der Waals surface area contributed by atoms with E-state index in [-0.39, 0.29) is 0 Å². The van der Waals surface area contributed by atoms with Crippen LogP contribution in [-0.2, 0) is 0 Å². The van der Waals surface area contributed by atoms with Gasteiger partial charge in [0.1, 0.15) is 0 Å². The zero-order valence-corrected chi connectivity index (χ0v) is 8.51. The maximum absolute atomic E-state index is 10.5. The Morgan fingerprint density at radius 2 is 1.00 bits per heavy atom. The molecule has 6 saturated carbocycles. The van der Waals surface area contributed by atoms with Gasteiger partial charge >= 0.3 is 0 Å². The maximum atomic E-state index is 10.5. The lowest BCUT2D eigenvalue weighted by Gasteiger charge is -2.63. The first-order chi connectivity index (χ1) is 6.49. The van der Waals surface area contributed by atoms with Crippen molar-refractivity contribution >= 4 is 0 Å². The number of aliphatic hydroxyl groups is 2. The molecule has 0 radical (unpaired) electrons. The van der Waals surface area contributed by atoms with E-state index in [9.17, 15) is 10.2 Å². The third-order valence-electron chi connectivity index (χ3n) is 6.91. The predicted octanol–water partition coefficient (Wildman–Crippen LogP) is 0.486. The fraction of sp³-hybridized carbons (Fsp3) is 1.00. The zero-order chi connectivity index (χ0) is 9.62. The summed E-state index contributed by atoms with van der Waals surface area (Å²) in [5, 5.41) is 21.0. The van der Waals surface area contributed by atoms with E-state index in [0.29, 0.717) is 35.5 Å². The Kier molecular flexibility index (Phi) is 0.735. The first-order valence-electron chi connectivity index (χ1n) is 5.94. The molecule has 76 valence electrons. The summed E-state index contributed by atoms with van der Waals surface area (Å²) in [7, 11) is 0. The van der Waals surface area contributed by atoms with Crippen LogP contribution in [0.2, 0.25) is 0 Å². The van der Waals surface area contributed by atoms with Crippen molar-refractivity contribution < 1.29 is 10.2 Å². The van der Waals surface area contributed by atoms with Crippen LogP contribution < -0.4 is 0 Å². The molecule has 0 aliphatic heterocycles. The fourth-order valence-electron chi connectivity index (χ4n) is 7.09. The molecule has 6 aliphatic rings. The van der Waals surface area contributed by atoms with Crippen molar-refractivity contribution in [3.63, 3.8) is 0 Å². The molecule has 0 spiro atoms. The summed E-state index contributed by atoms with van der Waals surface area (Å²) in [4.78, 5) is 0. The first-order valence-corrected chi connectivity index (χ1v) is 5.94. The average molecular weight is 192 g/mol. The normalized spacial score (nSPS) is 90.0. The first kappa shape index (κ1) is 7.24. The fourth-order valence-corrected chi connectivity index (χ4v) is 7.09.